The van der Waals surface area contributed by atoms with E-state index in [-0.39, 0.29) is 18.3 Å². The average molecular weight is 407 g/mol. The Labute approximate surface area is 166 Å². The summed E-state index contributed by atoms with van der Waals surface area (Å²) in [6.45, 7) is 2.57. The van der Waals surface area contributed by atoms with Gasteiger partial charge in [0.05, 0.1) is 23.6 Å². The zero-order chi connectivity index (χ0) is 19.2. The third-order valence-corrected chi connectivity index (χ3v) is 5.07. The molecule has 0 fully saturated rings. The van der Waals surface area contributed by atoms with E-state index in [0.29, 0.717) is 34.1 Å². The Balaban J connectivity index is 1.50. The fourth-order valence-corrected chi connectivity index (χ4v) is 3.17. The summed E-state index contributed by atoms with van der Waals surface area (Å²) in [4.78, 5) is 11.9. The van der Waals surface area contributed by atoms with Crippen molar-refractivity contribution < 1.29 is 13.9 Å². The fraction of sp³-hybridized carbons (Fsp3) is 0.278. The quantitative estimate of drug-likeness (QED) is 0.577. The lowest BCUT2D eigenvalue weighted by Crippen LogP contribution is -2.24. The molecule has 0 aliphatic rings. The SMILES string of the molecule is Cc1ccc(Cl)c(OCc2nnc(SCC(=O)NCc3ccco3)n2C)c1. The molecule has 0 spiro atoms. The Morgan fingerprint density at radius 1 is 1.37 bits per heavy atom. The molecule has 142 valence electrons. The lowest BCUT2D eigenvalue weighted by Gasteiger charge is -2.09. The van der Waals surface area contributed by atoms with Crippen molar-refractivity contribution in [1.82, 2.24) is 20.1 Å². The second-order valence-corrected chi connectivity index (χ2v) is 7.17. The fourth-order valence-electron chi connectivity index (χ4n) is 2.24. The molecule has 2 heterocycles. The van der Waals surface area contributed by atoms with Crippen LogP contribution in [0.4, 0.5) is 0 Å². The van der Waals surface area contributed by atoms with E-state index in [9.17, 15) is 4.79 Å². The first-order valence-corrected chi connectivity index (χ1v) is 9.58. The van der Waals surface area contributed by atoms with Crippen molar-refractivity contribution in [3.05, 3.63) is 58.8 Å². The van der Waals surface area contributed by atoms with Gasteiger partial charge in [-0.1, -0.05) is 29.4 Å². The first-order chi connectivity index (χ1) is 13.0. The van der Waals surface area contributed by atoms with Crippen LogP contribution in [-0.2, 0) is 25.0 Å². The summed E-state index contributed by atoms with van der Waals surface area (Å²) in [5, 5.41) is 12.2. The predicted molar refractivity (Wildman–Crippen MR) is 103 cm³/mol. The van der Waals surface area contributed by atoms with E-state index in [1.165, 1.54) is 11.8 Å². The molecule has 0 aliphatic carbocycles. The third-order valence-electron chi connectivity index (χ3n) is 3.74. The van der Waals surface area contributed by atoms with Gasteiger partial charge >= 0.3 is 0 Å². The molecule has 1 amide bonds. The van der Waals surface area contributed by atoms with E-state index in [0.717, 1.165) is 5.56 Å². The van der Waals surface area contributed by atoms with Gasteiger partial charge in [0.25, 0.3) is 0 Å². The Morgan fingerprint density at radius 3 is 3.00 bits per heavy atom. The molecule has 0 saturated carbocycles. The monoisotopic (exact) mass is 406 g/mol. The Hall–Kier alpha value is -2.45. The molecule has 0 saturated heterocycles. The van der Waals surface area contributed by atoms with E-state index in [1.807, 2.05) is 32.2 Å². The van der Waals surface area contributed by atoms with Gasteiger partial charge in [-0.3, -0.25) is 4.79 Å². The third kappa shape index (κ3) is 5.27. The largest absolute Gasteiger partial charge is 0.484 e. The van der Waals surface area contributed by atoms with Gasteiger partial charge in [0, 0.05) is 7.05 Å². The number of nitrogens with zero attached hydrogens (tertiary/aromatic N) is 3. The molecule has 0 radical (unpaired) electrons. The number of halogens is 1. The lowest BCUT2D eigenvalue weighted by atomic mass is 10.2. The number of hydrogen-bond donors (Lipinski definition) is 1. The van der Waals surface area contributed by atoms with Crippen LogP contribution in [0.2, 0.25) is 5.02 Å². The molecule has 9 heteroatoms. The number of benzene rings is 1. The number of furan rings is 1. The summed E-state index contributed by atoms with van der Waals surface area (Å²) in [5.74, 6) is 2.08. The number of thioether (sulfide) groups is 1. The lowest BCUT2D eigenvalue weighted by molar-refractivity contribution is -0.118. The van der Waals surface area contributed by atoms with Crippen LogP contribution >= 0.6 is 23.4 Å². The number of hydrogen-bond acceptors (Lipinski definition) is 6. The molecule has 2 aromatic heterocycles. The molecular formula is C18H19ClN4O3S. The van der Waals surface area contributed by atoms with E-state index in [1.54, 1.807) is 23.0 Å². The molecule has 1 aromatic carbocycles. The standard InChI is InChI=1S/C18H19ClN4O3S/c1-12-5-6-14(19)15(8-12)26-10-16-21-22-18(23(16)2)27-11-17(24)20-9-13-4-3-7-25-13/h3-8H,9-11H2,1-2H3,(H,20,24). The normalized spacial score (nSPS) is 10.8. The second kappa shape index (κ2) is 8.96. The summed E-state index contributed by atoms with van der Waals surface area (Å²) < 4.78 is 12.7. The number of amides is 1. The molecule has 1 N–H and O–H groups in total. The highest BCUT2D eigenvalue weighted by Gasteiger charge is 2.13. The number of nitrogens with one attached hydrogen (secondary N) is 1. The minimum atomic E-state index is -0.108. The molecule has 27 heavy (non-hydrogen) atoms. The molecule has 0 unspecified atom stereocenters. The van der Waals surface area contributed by atoms with Crippen LogP contribution in [0.1, 0.15) is 17.1 Å². The summed E-state index contributed by atoms with van der Waals surface area (Å²) in [5.41, 5.74) is 1.06. The van der Waals surface area contributed by atoms with Gasteiger partial charge in [-0.15, -0.1) is 10.2 Å². The van der Waals surface area contributed by atoms with Gasteiger partial charge in [-0.2, -0.15) is 0 Å². The first-order valence-electron chi connectivity index (χ1n) is 8.22. The van der Waals surface area contributed by atoms with Crippen molar-refractivity contribution in [2.24, 2.45) is 7.05 Å². The molecule has 3 aromatic rings. The number of carbonyl (C=O) groups is 1. The van der Waals surface area contributed by atoms with Crippen molar-refractivity contribution >= 4 is 29.3 Å². The van der Waals surface area contributed by atoms with Crippen LogP contribution in [0.3, 0.4) is 0 Å². The van der Waals surface area contributed by atoms with Crippen LogP contribution in [0.25, 0.3) is 0 Å². The van der Waals surface area contributed by atoms with Gasteiger partial charge in [0.2, 0.25) is 5.91 Å². The minimum absolute atomic E-state index is 0.108. The van der Waals surface area contributed by atoms with Crippen molar-refractivity contribution in [3.63, 3.8) is 0 Å². The van der Waals surface area contributed by atoms with Gasteiger partial charge in [-0.25, -0.2) is 0 Å². The predicted octanol–water partition coefficient (Wildman–Crippen LogP) is 3.36. The van der Waals surface area contributed by atoms with Gasteiger partial charge in [-0.05, 0) is 36.8 Å². The Bertz CT molecular complexity index is 911. The van der Waals surface area contributed by atoms with Crippen molar-refractivity contribution in [3.8, 4) is 5.75 Å². The maximum atomic E-state index is 11.9. The molecule has 7 nitrogen and oxygen atoms in total. The maximum Gasteiger partial charge on any atom is 0.230 e. The van der Waals surface area contributed by atoms with Crippen LogP contribution in [0, 0.1) is 6.92 Å². The van der Waals surface area contributed by atoms with E-state index >= 15 is 0 Å². The number of rotatable bonds is 8. The van der Waals surface area contributed by atoms with Gasteiger partial charge < -0.3 is 19.0 Å². The highest BCUT2D eigenvalue weighted by atomic mass is 35.5. The zero-order valence-electron chi connectivity index (χ0n) is 14.9. The minimum Gasteiger partial charge on any atom is -0.484 e. The molecule has 3 rings (SSSR count). The number of aromatic nitrogens is 3. The van der Waals surface area contributed by atoms with Gasteiger partial charge in [0.15, 0.2) is 11.0 Å². The summed E-state index contributed by atoms with van der Waals surface area (Å²) in [7, 11) is 1.83. The topological polar surface area (TPSA) is 82.2 Å². The van der Waals surface area contributed by atoms with Crippen molar-refractivity contribution in [1.29, 1.82) is 0 Å². The number of carbonyl (C=O) groups excluding carboxylic acids is 1. The summed E-state index contributed by atoms with van der Waals surface area (Å²) in [6.07, 6.45) is 1.57. The highest BCUT2D eigenvalue weighted by Crippen LogP contribution is 2.26. The zero-order valence-corrected chi connectivity index (χ0v) is 16.5. The number of ether oxygens (including phenoxy) is 1. The first kappa shape index (κ1) is 19.3. The van der Waals surface area contributed by atoms with Crippen LogP contribution < -0.4 is 10.1 Å². The average Bonchev–Trinajstić information content (AvgIpc) is 3.29. The van der Waals surface area contributed by atoms with Crippen molar-refractivity contribution in [2.45, 2.75) is 25.2 Å². The summed E-state index contributed by atoms with van der Waals surface area (Å²) >= 11 is 7.44. The highest BCUT2D eigenvalue weighted by molar-refractivity contribution is 7.99. The molecule has 0 bridgehead atoms. The van der Waals surface area contributed by atoms with E-state index in [4.69, 9.17) is 20.8 Å². The van der Waals surface area contributed by atoms with E-state index < -0.39 is 0 Å². The Morgan fingerprint density at radius 2 is 2.22 bits per heavy atom. The van der Waals surface area contributed by atoms with Crippen LogP contribution in [0.5, 0.6) is 5.75 Å². The maximum absolute atomic E-state index is 11.9. The van der Waals surface area contributed by atoms with Crippen LogP contribution in [0.15, 0.2) is 46.2 Å². The smallest absolute Gasteiger partial charge is 0.230 e. The summed E-state index contributed by atoms with van der Waals surface area (Å²) in [6, 6.07) is 9.18. The molecule has 0 aliphatic heterocycles. The number of aryl methyl sites for hydroxylation is 1. The van der Waals surface area contributed by atoms with Gasteiger partial charge in [0.1, 0.15) is 18.1 Å². The molecular weight excluding hydrogens is 388 g/mol. The Kier molecular flexibility index (Phi) is 6.41. The molecule has 0 atom stereocenters. The van der Waals surface area contributed by atoms with Crippen molar-refractivity contribution in [2.75, 3.05) is 5.75 Å². The second-order valence-electron chi connectivity index (χ2n) is 5.83. The van der Waals surface area contributed by atoms with Crippen LogP contribution in [-0.4, -0.2) is 26.4 Å². The van der Waals surface area contributed by atoms with E-state index in [2.05, 4.69) is 15.5 Å².